The van der Waals surface area contributed by atoms with Gasteiger partial charge >= 0.3 is 5.97 Å². The summed E-state index contributed by atoms with van der Waals surface area (Å²) in [6.45, 7) is 6.90. The molecular formula is C21H26O3. The van der Waals surface area contributed by atoms with Gasteiger partial charge in [0.2, 0.25) is 0 Å². The van der Waals surface area contributed by atoms with Crippen molar-refractivity contribution in [3.05, 3.63) is 64.7 Å². The van der Waals surface area contributed by atoms with Gasteiger partial charge in [-0.05, 0) is 61.1 Å². The Labute approximate surface area is 144 Å². The number of carboxylic acid groups (broad SMARTS) is 1. The fourth-order valence-corrected chi connectivity index (χ4v) is 2.62. The molecule has 2 aromatic carbocycles. The van der Waals surface area contributed by atoms with Gasteiger partial charge in [0.15, 0.2) is 0 Å². The van der Waals surface area contributed by atoms with Crippen LogP contribution in [0.2, 0.25) is 0 Å². The van der Waals surface area contributed by atoms with E-state index in [9.17, 15) is 9.90 Å². The fraction of sp³-hybridized carbons (Fsp3) is 0.381. The molecular weight excluding hydrogens is 300 g/mol. The predicted molar refractivity (Wildman–Crippen MR) is 96.8 cm³/mol. The molecule has 24 heavy (non-hydrogen) atoms. The van der Waals surface area contributed by atoms with Crippen LogP contribution in [0.1, 0.15) is 47.9 Å². The number of unbranched alkanes of at least 4 members (excludes halogenated alkanes) is 1. The van der Waals surface area contributed by atoms with Gasteiger partial charge in [-0.3, -0.25) is 4.79 Å². The zero-order valence-electron chi connectivity index (χ0n) is 14.7. The quantitative estimate of drug-likeness (QED) is 0.702. The topological polar surface area (TPSA) is 46.5 Å². The average Bonchev–Trinajstić information content (AvgIpc) is 2.56. The molecule has 0 aliphatic heterocycles. The summed E-state index contributed by atoms with van der Waals surface area (Å²) in [5, 5.41) is 9.62. The van der Waals surface area contributed by atoms with Gasteiger partial charge < -0.3 is 9.84 Å². The lowest BCUT2D eigenvalue weighted by Gasteiger charge is -2.15. The third-order valence-electron chi connectivity index (χ3n) is 4.36. The highest BCUT2D eigenvalue weighted by atomic mass is 16.5. The van der Waals surface area contributed by atoms with Crippen LogP contribution in [0.3, 0.4) is 0 Å². The van der Waals surface area contributed by atoms with Crippen LogP contribution in [0.4, 0.5) is 0 Å². The molecule has 0 fully saturated rings. The molecule has 0 bridgehead atoms. The van der Waals surface area contributed by atoms with Crippen LogP contribution in [0, 0.1) is 13.8 Å². The molecule has 3 heteroatoms. The maximum Gasteiger partial charge on any atom is 0.311 e. The summed E-state index contributed by atoms with van der Waals surface area (Å²) in [6, 6.07) is 13.6. The zero-order chi connectivity index (χ0) is 17.5. The number of rotatable bonds is 8. The first-order valence-electron chi connectivity index (χ1n) is 8.53. The first-order valence-corrected chi connectivity index (χ1v) is 8.53. The van der Waals surface area contributed by atoms with Gasteiger partial charge in [-0.15, -0.1) is 0 Å². The Kier molecular flexibility index (Phi) is 6.42. The van der Waals surface area contributed by atoms with E-state index in [0.29, 0.717) is 6.42 Å². The van der Waals surface area contributed by atoms with Crippen molar-refractivity contribution in [1.29, 1.82) is 0 Å². The van der Waals surface area contributed by atoms with Gasteiger partial charge in [-0.2, -0.15) is 0 Å². The van der Waals surface area contributed by atoms with Gasteiger partial charge in [0.05, 0.1) is 12.5 Å². The molecule has 0 heterocycles. The fourth-order valence-electron chi connectivity index (χ4n) is 2.62. The van der Waals surface area contributed by atoms with Crippen LogP contribution < -0.4 is 4.74 Å². The molecule has 128 valence electrons. The van der Waals surface area contributed by atoms with E-state index in [4.69, 9.17) is 4.74 Å². The Bertz CT molecular complexity index is 674. The molecule has 1 N–H and O–H groups in total. The second-order valence-electron chi connectivity index (χ2n) is 6.28. The predicted octanol–water partition coefficient (Wildman–Crippen LogP) is 4.89. The third-order valence-corrected chi connectivity index (χ3v) is 4.36. The van der Waals surface area contributed by atoms with Crippen molar-refractivity contribution >= 4 is 5.97 Å². The Balaban J connectivity index is 2.10. The van der Waals surface area contributed by atoms with Crippen molar-refractivity contribution in [2.24, 2.45) is 0 Å². The SMILES string of the molecule is CCCCOc1ccc(CC(C(=O)O)c2ccc(C)c(C)c2)cc1. The maximum absolute atomic E-state index is 11.7. The van der Waals surface area contributed by atoms with Crippen LogP contribution in [-0.4, -0.2) is 17.7 Å². The highest BCUT2D eigenvalue weighted by Crippen LogP contribution is 2.24. The number of carbonyl (C=O) groups is 1. The summed E-state index contributed by atoms with van der Waals surface area (Å²) in [5.41, 5.74) is 4.16. The van der Waals surface area contributed by atoms with E-state index in [0.717, 1.165) is 41.9 Å². The molecule has 1 unspecified atom stereocenters. The Morgan fingerprint density at radius 1 is 1.08 bits per heavy atom. The van der Waals surface area contributed by atoms with Crippen molar-refractivity contribution in [2.75, 3.05) is 6.61 Å². The molecule has 0 spiro atoms. The number of carboxylic acids is 1. The number of aliphatic carboxylic acids is 1. The third kappa shape index (κ3) is 4.85. The van der Waals surface area contributed by atoms with E-state index in [2.05, 4.69) is 6.92 Å². The van der Waals surface area contributed by atoms with Crippen molar-refractivity contribution in [1.82, 2.24) is 0 Å². The summed E-state index contributed by atoms with van der Waals surface area (Å²) in [6.07, 6.45) is 2.62. The molecule has 0 aliphatic rings. The number of benzene rings is 2. The Hall–Kier alpha value is -2.29. The van der Waals surface area contributed by atoms with Gasteiger partial charge in [0.25, 0.3) is 0 Å². The second kappa shape index (κ2) is 8.53. The molecule has 1 atom stereocenters. The number of hydrogen-bond acceptors (Lipinski definition) is 2. The van der Waals surface area contributed by atoms with Gasteiger partial charge in [0.1, 0.15) is 5.75 Å². The van der Waals surface area contributed by atoms with E-state index in [-0.39, 0.29) is 0 Å². The first kappa shape index (κ1) is 18.1. The van der Waals surface area contributed by atoms with Crippen molar-refractivity contribution in [3.8, 4) is 5.75 Å². The summed E-state index contributed by atoms with van der Waals surface area (Å²) in [7, 11) is 0. The van der Waals surface area contributed by atoms with E-state index in [1.807, 2.05) is 56.3 Å². The molecule has 2 rings (SSSR count). The van der Waals surface area contributed by atoms with Crippen LogP contribution in [0.25, 0.3) is 0 Å². The van der Waals surface area contributed by atoms with Crippen LogP contribution in [0.15, 0.2) is 42.5 Å². The number of ether oxygens (including phenoxy) is 1. The standard InChI is InChI=1S/C21H26O3/c1-4-5-12-24-19-10-7-17(8-11-19)14-20(21(22)23)18-9-6-15(2)16(3)13-18/h6-11,13,20H,4-5,12,14H2,1-3H3,(H,22,23). The summed E-state index contributed by atoms with van der Waals surface area (Å²) >= 11 is 0. The van der Waals surface area contributed by atoms with Crippen molar-refractivity contribution < 1.29 is 14.6 Å². The normalized spacial score (nSPS) is 12.0. The summed E-state index contributed by atoms with van der Waals surface area (Å²) < 4.78 is 5.65. The molecule has 3 nitrogen and oxygen atoms in total. The number of aryl methyl sites for hydroxylation is 2. The monoisotopic (exact) mass is 326 g/mol. The highest BCUT2D eigenvalue weighted by molar-refractivity contribution is 5.76. The average molecular weight is 326 g/mol. The lowest BCUT2D eigenvalue weighted by molar-refractivity contribution is -0.138. The molecule has 0 radical (unpaired) electrons. The highest BCUT2D eigenvalue weighted by Gasteiger charge is 2.20. The first-order chi connectivity index (χ1) is 11.5. The lowest BCUT2D eigenvalue weighted by Crippen LogP contribution is -2.14. The Morgan fingerprint density at radius 3 is 2.38 bits per heavy atom. The lowest BCUT2D eigenvalue weighted by atomic mass is 9.90. The second-order valence-corrected chi connectivity index (χ2v) is 6.28. The van der Waals surface area contributed by atoms with Crippen LogP contribution in [0.5, 0.6) is 5.75 Å². The zero-order valence-corrected chi connectivity index (χ0v) is 14.7. The molecule has 0 saturated heterocycles. The van der Waals surface area contributed by atoms with Crippen LogP contribution >= 0.6 is 0 Å². The smallest absolute Gasteiger partial charge is 0.311 e. The molecule has 0 aliphatic carbocycles. The van der Waals surface area contributed by atoms with Gasteiger partial charge in [-0.1, -0.05) is 43.7 Å². The van der Waals surface area contributed by atoms with E-state index >= 15 is 0 Å². The van der Waals surface area contributed by atoms with E-state index in [1.165, 1.54) is 5.56 Å². The van der Waals surface area contributed by atoms with E-state index in [1.54, 1.807) is 0 Å². The molecule has 2 aromatic rings. The minimum Gasteiger partial charge on any atom is -0.494 e. The maximum atomic E-state index is 11.7. The van der Waals surface area contributed by atoms with Gasteiger partial charge in [-0.25, -0.2) is 0 Å². The van der Waals surface area contributed by atoms with Crippen LogP contribution in [-0.2, 0) is 11.2 Å². The van der Waals surface area contributed by atoms with Crippen molar-refractivity contribution in [2.45, 2.75) is 46.0 Å². The minimum absolute atomic E-state index is 0.479. The summed E-state index contributed by atoms with van der Waals surface area (Å²) in [4.78, 5) is 11.7. The minimum atomic E-state index is -0.790. The van der Waals surface area contributed by atoms with Crippen molar-refractivity contribution in [3.63, 3.8) is 0 Å². The molecule has 0 amide bonds. The summed E-state index contributed by atoms with van der Waals surface area (Å²) in [5.74, 6) is -0.483. The van der Waals surface area contributed by atoms with E-state index < -0.39 is 11.9 Å². The number of hydrogen-bond donors (Lipinski definition) is 1. The largest absolute Gasteiger partial charge is 0.494 e. The Morgan fingerprint density at radius 2 is 1.79 bits per heavy atom. The van der Waals surface area contributed by atoms with Gasteiger partial charge in [0, 0.05) is 0 Å². The molecule has 0 aromatic heterocycles. The molecule has 0 saturated carbocycles.